The van der Waals surface area contributed by atoms with Gasteiger partial charge in [0.15, 0.2) is 0 Å². The van der Waals surface area contributed by atoms with Gasteiger partial charge in [-0.15, -0.1) is 0 Å². The number of H-pyrrole nitrogens is 1. The summed E-state index contributed by atoms with van der Waals surface area (Å²) in [6.07, 6.45) is 1.94. The largest absolute Gasteiger partial charge is 0.496 e. The first-order valence-electron chi connectivity index (χ1n) is 5.32. The van der Waals surface area contributed by atoms with Crippen molar-refractivity contribution in [1.29, 1.82) is 0 Å². The average Bonchev–Trinajstić information content (AvgIpc) is 2.56. The lowest BCUT2D eigenvalue weighted by Gasteiger charge is -2.32. The van der Waals surface area contributed by atoms with Gasteiger partial charge < -0.3 is 14.3 Å². The van der Waals surface area contributed by atoms with Crippen LogP contribution in [0.2, 0.25) is 0 Å². The third-order valence-corrected chi connectivity index (χ3v) is 3.38. The molecule has 2 heterocycles. The van der Waals surface area contributed by atoms with Crippen LogP contribution in [0.3, 0.4) is 0 Å². The minimum atomic E-state index is -0.261. The number of hydrogen-bond donors (Lipinski definition) is 1. The minimum Gasteiger partial charge on any atom is -0.399 e. The van der Waals surface area contributed by atoms with E-state index >= 15 is 0 Å². The monoisotopic (exact) mass is 207 g/mol. The van der Waals surface area contributed by atoms with E-state index < -0.39 is 0 Å². The molecule has 1 fully saturated rings. The molecule has 1 aromatic rings. The Morgan fingerprint density at radius 2 is 1.67 bits per heavy atom. The highest BCUT2D eigenvalue weighted by Gasteiger charge is 2.51. The van der Waals surface area contributed by atoms with Crippen molar-refractivity contribution in [1.82, 2.24) is 4.98 Å². The molecule has 0 aromatic carbocycles. The predicted molar refractivity (Wildman–Crippen MR) is 61.2 cm³/mol. The van der Waals surface area contributed by atoms with Gasteiger partial charge in [-0.2, -0.15) is 0 Å². The van der Waals surface area contributed by atoms with Crippen LogP contribution in [0.25, 0.3) is 0 Å². The Morgan fingerprint density at radius 1 is 1.13 bits per heavy atom. The van der Waals surface area contributed by atoms with E-state index in [2.05, 4.69) is 38.7 Å². The summed E-state index contributed by atoms with van der Waals surface area (Å²) in [7, 11) is -0.250. The summed E-state index contributed by atoms with van der Waals surface area (Å²) in [5.74, 6) is 0. The SMILES string of the molecule is Cc1cc(B2OC(C)(C)C(C)(C)O2)c[nH]1. The van der Waals surface area contributed by atoms with Gasteiger partial charge in [-0.25, -0.2) is 0 Å². The van der Waals surface area contributed by atoms with Crippen LogP contribution < -0.4 is 5.46 Å². The molecule has 0 radical (unpaired) electrons. The summed E-state index contributed by atoms with van der Waals surface area (Å²) in [6, 6.07) is 2.06. The third kappa shape index (κ3) is 1.72. The molecule has 1 saturated heterocycles. The van der Waals surface area contributed by atoms with Crippen molar-refractivity contribution in [3.05, 3.63) is 18.0 Å². The van der Waals surface area contributed by atoms with E-state index in [4.69, 9.17) is 9.31 Å². The van der Waals surface area contributed by atoms with Gasteiger partial charge in [0, 0.05) is 17.4 Å². The highest BCUT2D eigenvalue weighted by molar-refractivity contribution is 6.62. The Morgan fingerprint density at radius 3 is 2.07 bits per heavy atom. The van der Waals surface area contributed by atoms with E-state index in [1.54, 1.807) is 0 Å². The molecule has 1 aliphatic rings. The van der Waals surface area contributed by atoms with Crippen molar-refractivity contribution in [2.75, 3.05) is 0 Å². The number of nitrogens with one attached hydrogen (secondary N) is 1. The van der Waals surface area contributed by atoms with Crippen LogP contribution in [0.5, 0.6) is 0 Å². The van der Waals surface area contributed by atoms with Gasteiger partial charge in [0.2, 0.25) is 0 Å². The Bertz CT molecular complexity index is 354. The van der Waals surface area contributed by atoms with E-state index in [0.29, 0.717) is 0 Å². The molecule has 3 nitrogen and oxygen atoms in total. The van der Waals surface area contributed by atoms with E-state index in [0.717, 1.165) is 11.2 Å². The molecule has 1 N–H and O–H groups in total. The molecule has 0 saturated carbocycles. The van der Waals surface area contributed by atoms with Crippen LogP contribution in [0.4, 0.5) is 0 Å². The van der Waals surface area contributed by atoms with Crippen molar-refractivity contribution in [2.24, 2.45) is 0 Å². The second-order valence-electron chi connectivity index (χ2n) is 5.20. The highest BCUT2D eigenvalue weighted by Crippen LogP contribution is 2.36. The first-order valence-corrected chi connectivity index (χ1v) is 5.32. The number of hydrogen-bond acceptors (Lipinski definition) is 2. The third-order valence-electron chi connectivity index (χ3n) is 3.38. The fourth-order valence-electron chi connectivity index (χ4n) is 1.65. The van der Waals surface area contributed by atoms with Crippen LogP contribution in [0, 0.1) is 6.92 Å². The van der Waals surface area contributed by atoms with E-state index in [1.165, 1.54) is 0 Å². The van der Waals surface area contributed by atoms with Crippen LogP contribution >= 0.6 is 0 Å². The van der Waals surface area contributed by atoms with Gasteiger partial charge in [-0.1, -0.05) is 0 Å². The molecule has 4 heteroatoms. The first-order chi connectivity index (χ1) is 6.82. The molecule has 0 atom stereocenters. The van der Waals surface area contributed by atoms with E-state index in [1.807, 2.05) is 13.1 Å². The van der Waals surface area contributed by atoms with Gasteiger partial charge in [-0.05, 0) is 40.7 Å². The topological polar surface area (TPSA) is 34.2 Å². The molecule has 0 aliphatic carbocycles. The van der Waals surface area contributed by atoms with Crippen molar-refractivity contribution < 1.29 is 9.31 Å². The number of rotatable bonds is 1. The molecule has 0 amide bonds. The van der Waals surface area contributed by atoms with Gasteiger partial charge in [0.05, 0.1) is 11.2 Å². The second-order valence-corrected chi connectivity index (χ2v) is 5.20. The van der Waals surface area contributed by atoms with Crippen molar-refractivity contribution >= 4 is 12.6 Å². The number of aromatic nitrogens is 1. The Labute approximate surface area is 91.3 Å². The maximum atomic E-state index is 5.92. The molecule has 15 heavy (non-hydrogen) atoms. The molecule has 0 unspecified atom stereocenters. The fraction of sp³-hybridized carbons (Fsp3) is 0.636. The zero-order chi connectivity index (χ0) is 11.3. The summed E-state index contributed by atoms with van der Waals surface area (Å²) in [5.41, 5.74) is 1.66. The maximum absolute atomic E-state index is 5.92. The zero-order valence-corrected chi connectivity index (χ0v) is 10.0. The van der Waals surface area contributed by atoms with Gasteiger partial charge in [0.1, 0.15) is 0 Å². The summed E-state index contributed by atoms with van der Waals surface area (Å²) in [4.78, 5) is 3.14. The average molecular weight is 207 g/mol. The summed E-state index contributed by atoms with van der Waals surface area (Å²) < 4.78 is 11.8. The smallest absolute Gasteiger partial charge is 0.399 e. The van der Waals surface area contributed by atoms with Crippen molar-refractivity contribution in [3.8, 4) is 0 Å². The Kier molecular flexibility index (Phi) is 2.24. The highest BCUT2D eigenvalue weighted by atomic mass is 16.7. The lowest BCUT2D eigenvalue weighted by atomic mass is 9.81. The lowest BCUT2D eigenvalue weighted by Crippen LogP contribution is -2.41. The fourth-order valence-corrected chi connectivity index (χ4v) is 1.65. The molecular formula is C11H18BNO2. The summed E-state index contributed by atoms with van der Waals surface area (Å²) in [6.45, 7) is 10.3. The zero-order valence-electron chi connectivity index (χ0n) is 10.0. The summed E-state index contributed by atoms with van der Waals surface area (Å²) >= 11 is 0. The molecule has 0 spiro atoms. The van der Waals surface area contributed by atoms with Gasteiger partial charge in [0.25, 0.3) is 0 Å². The van der Waals surface area contributed by atoms with Gasteiger partial charge >= 0.3 is 7.12 Å². The van der Waals surface area contributed by atoms with E-state index in [9.17, 15) is 0 Å². The van der Waals surface area contributed by atoms with Crippen LogP contribution in [-0.2, 0) is 9.31 Å². The lowest BCUT2D eigenvalue weighted by molar-refractivity contribution is 0.00578. The summed E-state index contributed by atoms with van der Waals surface area (Å²) in [5, 5.41) is 0. The quantitative estimate of drug-likeness (QED) is 0.710. The van der Waals surface area contributed by atoms with Crippen LogP contribution in [-0.4, -0.2) is 23.3 Å². The molecule has 1 aromatic heterocycles. The second kappa shape index (κ2) is 3.13. The maximum Gasteiger partial charge on any atom is 0.496 e. The van der Waals surface area contributed by atoms with Gasteiger partial charge in [-0.3, -0.25) is 0 Å². The number of aryl methyl sites for hydroxylation is 1. The minimum absolute atomic E-state index is 0.250. The molecular weight excluding hydrogens is 189 g/mol. The Balaban J connectivity index is 2.23. The molecule has 82 valence electrons. The normalized spacial score (nSPS) is 23.4. The molecule has 2 rings (SSSR count). The Hall–Kier alpha value is -0.735. The molecule has 0 bridgehead atoms. The van der Waals surface area contributed by atoms with Crippen LogP contribution in [0.1, 0.15) is 33.4 Å². The van der Waals surface area contributed by atoms with Crippen molar-refractivity contribution in [3.63, 3.8) is 0 Å². The molecule has 1 aliphatic heterocycles. The van der Waals surface area contributed by atoms with E-state index in [-0.39, 0.29) is 18.3 Å². The first kappa shape index (κ1) is 10.8. The predicted octanol–water partition coefficient (Wildman–Crippen LogP) is 1.62. The van der Waals surface area contributed by atoms with Crippen molar-refractivity contribution in [2.45, 2.75) is 45.8 Å². The standard InChI is InChI=1S/C11H18BNO2/c1-8-6-9(7-13-8)12-14-10(2,3)11(4,5)15-12/h6-7,13H,1-5H3. The van der Waals surface area contributed by atoms with Crippen LogP contribution in [0.15, 0.2) is 12.3 Å². The number of aromatic amines is 1.